The first kappa shape index (κ1) is 11.3. The van der Waals surface area contributed by atoms with E-state index in [9.17, 15) is 0 Å². The van der Waals surface area contributed by atoms with Gasteiger partial charge in [0.05, 0.1) is 5.69 Å². The van der Waals surface area contributed by atoms with Crippen LogP contribution in [-0.4, -0.2) is 10.7 Å². The summed E-state index contributed by atoms with van der Waals surface area (Å²) >= 11 is 4.28. The van der Waals surface area contributed by atoms with E-state index in [-0.39, 0.29) is 5.41 Å². The Morgan fingerprint density at radius 1 is 1.57 bits per heavy atom. The number of thiol groups is 1. The lowest BCUT2D eigenvalue weighted by Gasteiger charge is -2.25. The third-order valence-electron chi connectivity index (χ3n) is 2.50. The first-order valence-corrected chi connectivity index (χ1v) is 5.44. The quantitative estimate of drug-likeness (QED) is 0.747. The standard InChI is InChI=1S/C12H17NS/c1-4-11-10(6-5-8-13-11)12(2,3)7-9-14/h4-6,8,14H,1,7,9H2,2-3H3. The van der Waals surface area contributed by atoms with Gasteiger partial charge in [-0.2, -0.15) is 12.6 Å². The van der Waals surface area contributed by atoms with Crippen LogP contribution in [0.15, 0.2) is 24.9 Å². The Balaban J connectivity index is 3.10. The first-order chi connectivity index (χ1) is 6.61. The van der Waals surface area contributed by atoms with Crippen LogP contribution in [0, 0.1) is 0 Å². The molecule has 0 aliphatic carbocycles. The molecule has 0 fully saturated rings. The van der Waals surface area contributed by atoms with E-state index < -0.39 is 0 Å². The molecule has 0 amide bonds. The summed E-state index contributed by atoms with van der Waals surface area (Å²) in [4.78, 5) is 4.30. The van der Waals surface area contributed by atoms with E-state index in [4.69, 9.17) is 0 Å². The molecule has 1 nitrogen and oxygen atoms in total. The second-order valence-electron chi connectivity index (χ2n) is 4.00. The highest BCUT2D eigenvalue weighted by Gasteiger charge is 2.21. The van der Waals surface area contributed by atoms with Gasteiger partial charge >= 0.3 is 0 Å². The summed E-state index contributed by atoms with van der Waals surface area (Å²) in [6, 6.07) is 4.09. The van der Waals surface area contributed by atoms with Crippen molar-refractivity contribution in [1.29, 1.82) is 0 Å². The zero-order valence-corrected chi connectivity index (χ0v) is 9.72. The van der Waals surface area contributed by atoms with Crippen molar-refractivity contribution < 1.29 is 0 Å². The second kappa shape index (κ2) is 4.65. The summed E-state index contributed by atoms with van der Waals surface area (Å²) in [5.41, 5.74) is 2.36. The largest absolute Gasteiger partial charge is 0.257 e. The Hall–Kier alpha value is -0.760. The third-order valence-corrected chi connectivity index (χ3v) is 2.72. The van der Waals surface area contributed by atoms with E-state index >= 15 is 0 Å². The first-order valence-electron chi connectivity index (χ1n) is 4.80. The Kier molecular flexibility index (Phi) is 3.76. The molecule has 0 aliphatic heterocycles. The monoisotopic (exact) mass is 207 g/mol. The molecule has 76 valence electrons. The average Bonchev–Trinajstić information content (AvgIpc) is 2.18. The van der Waals surface area contributed by atoms with Gasteiger partial charge in [0, 0.05) is 6.20 Å². The molecule has 0 aromatic carbocycles. The zero-order valence-electron chi connectivity index (χ0n) is 8.83. The van der Waals surface area contributed by atoms with E-state index in [1.165, 1.54) is 5.56 Å². The molecule has 0 bridgehead atoms. The summed E-state index contributed by atoms with van der Waals surface area (Å²) in [6.07, 6.45) is 4.66. The van der Waals surface area contributed by atoms with Crippen LogP contribution in [-0.2, 0) is 5.41 Å². The molecule has 0 aliphatic rings. The smallest absolute Gasteiger partial charge is 0.0661 e. The molecule has 0 spiro atoms. The Morgan fingerprint density at radius 2 is 2.29 bits per heavy atom. The van der Waals surface area contributed by atoms with Gasteiger partial charge in [-0.1, -0.05) is 26.5 Å². The van der Waals surface area contributed by atoms with Crippen molar-refractivity contribution in [3.05, 3.63) is 36.2 Å². The predicted molar refractivity (Wildman–Crippen MR) is 65.8 cm³/mol. The Bertz CT molecular complexity index is 318. The van der Waals surface area contributed by atoms with Gasteiger partial charge in [-0.05, 0) is 35.3 Å². The molecular formula is C12H17NS. The summed E-state index contributed by atoms with van der Waals surface area (Å²) in [5, 5.41) is 0. The molecule has 0 N–H and O–H groups in total. The molecule has 1 heterocycles. The summed E-state index contributed by atoms with van der Waals surface area (Å²) in [6.45, 7) is 8.21. The van der Waals surface area contributed by atoms with E-state index in [0.717, 1.165) is 17.9 Å². The normalized spacial score (nSPS) is 11.4. The fourth-order valence-corrected chi connectivity index (χ4v) is 2.13. The number of rotatable bonds is 4. The SMILES string of the molecule is C=Cc1ncccc1C(C)(C)CCS. The molecule has 1 rings (SSSR count). The van der Waals surface area contributed by atoms with Crippen LogP contribution in [0.3, 0.4) is 0 Å². The van der Waals surface area contributed by atoms with Crippen molar-refractivity contribution in [3.8, 4) is 0 Å². The van der Waals surface area contributed by atoms with Crippen molar-refractivity contribution in [3.63, 3.8) is 0 Å². The Morgan fingerprint density at radius 3 is 2.86 bits per heavy atom. The van der Waals surface area contributed by atoms with Gasteiger partial charge in [-0.3, -0.25) is 4.98 Å². The van der Waals surface area contributed by atoms with Crippen molar-refractivity contribution in [2.75, 3.05) is 5.75 Å². The lowest BCUT2D eigenvalue weighted by Crippen LogP contribution is -2.19. The van der Waals surface area contributed by atoms with Crippen LogP contribution in [0.1, 0.15) is 31.5 Å². The minimum Gasteiger partial charge on any atom is -0.257 e. The van der Waals surface area contributed by atoms with Gasteiger partial charge in [-0.15, -0.1) is 0 Å². The molecule has 1 aromatic rings. The van der Waals surface area contributed by atoms with Gasteiger partial charge in [0.15, 0.2) is 0 Å². The lowest BCUT2D eigenvalue weighted by molar-refractivity contribution is 0.508. The van der Waals surface area contributed by atoms with E-state index in [2.05, 4.69) is 44.1 Å². The number of pyridine rings is 1. The zero-order chi connectivity index (χ0) is 10.6. The maximum absolute atomic E-state index is 4.30. The summed E-state index contributed by atoms with van der Waals surface area (Å²) in [7, 11) is 0. The van der Waals surface area contributed by atoms with Gasteiger partial charge in [0.1, 0.15) is 0 Å². The van der Waals surface area contributed by atoms with Crippen molar-refractivity contribution in [2.45, 2.75) is 25.7 Å². The highest BCUT2D eigenvalue weighted by atomic mass is 32.1. The number of hydrogen-bond acceptors (Lipinski definition) is 2. The number of nitrogens with zero attached hydrogens (tertiary/aromatic N) is 1. The lowest BCUT2D eigenvalue weighted by atomic mass is 9.81. The minimum absolute atomic E-state index is 0.125. The van der Waals surface area contributed by atoms with Crippen LogP contribution < -0.4 is 0 Å². The van der Waals surface area contributed by atoms with Crippen LogP contribution in [0.25, 0.3) is 6.08 Å². The van der Waals surface area contributed by atoms with E-state index in [0.29, 0.717) is 0 Å². The van der Waals surface area contributed by atoms with E-state index in [1.807, 2.05) is 12.1 Å². The van der Waals surface area contributed by atoms with Gasteiger partial charge in [0.2, 0.25) is 0 Å². The topological polar surface area (TPSA) is 12.9 Å². The second-order valence-corrected chi connectivity index (χ2v) is 4.45. The maximum atomic E-state index is 4.30. The maximum Gasteiger partial charge on any atom is 0.0661 e. The number of aromatic nitrogens is 1. The van der Waals surface area contributed by atoms with Crippen LogP contribution in [0.2, 0.25) is 0 Å². The highest BCUT2D eigenvalue weighted by molar-refractivity contribution is 7.80. The highest BCUT2D eigenvalue weighted by Crippen LogP contribution is 2.29. The van der Waals surface area contributed by atoms with Gasteiger partial charge in [-0.25, -0.2) is 0 Å². The fraction of sp³-hybridized carbons (Fsp3) is 0.417. The third kappa shape index (κ3) is 2.38. The molecule has 14 heavy (non-hydrogen) atoms. The van der Waals surface area contributed by atoms with Crippen molar-refractivity contribution in [2.24, 2.45) is 0 Å². The van der Waals surface area contributed by atoms with Crippen LogP contribution >= 0.6 is 12.6 Å². The van der Waals surface area contributed by atoms with Crippen LogP contribution in [0.5, 0.6) is 0 Å². The molecule has 0 saturated carbocycles. The minimum atomic E-state index is 0.125. The molecule has 1 aromatic heterocycles. The molecule has 2 heteroatoms. The predicted octanol–water partition coefficient (Wildman–Crippen LogP) is 3.32. The van der Waals surface area contributed by atoms with Gasteiger partial charge < -0.3 is 0 Å². The average molecular weight is 207 g/mol. The Labute approximate surface area is 91.7 Å². The van der Waals surface area contributed by atoms with Gasteiger partial charge in [0.25, 0.3) is 0 Å². The molecule has 0 saturated heterocycles. The molecule has 0 atom stereocenters. The number of hydrogen-bond donors (Lipinski definition) is 1. The van der Waals surface area contributed by atoms with Crippen LogP contribution in [0.4, 0.5) is 0 Å². The molecule has 0 unspecified atom stereocenters. The summed E-state index contributed by atoms with van der Waals surface area (Å²) in [5.74, 6) is 0.887. The van der Waals surface area contributed by atoms with Crippen molar-refractivity contribution >= 4 is 18.7 Å². The van der Waals surface area contributed by atoms with Crippen molar-refractivity contribution in [1.82, 2.24) is 4.98 Å². The van der Waals surface area contributed by atoms with E-state index in [1.54, 1.807) is 6.20 Å². The molecular weight excluding hydrogens is 190 g/mol. The fourth-order valence-electron chi connectivity index (χ4n) is 1.57. The summed E-state index contributed by atoms with van der Waals surface area (Å²) < 4.78 is 0. The molecule has 0 radical (unpaired) electrons.